The van der Waals surface area contributed by atoms with Crippen molar-refractivity contribution in [2.45, 2.75) is 32.6 Å². The highest BCUT2D eigenvalue weighted by atomic mass is 16.5. The van der Waals surface area contributed by atoms with E-state index < -0.39 is 29.2 Å². The number of benzene rings is 1. The number of carbonyl (C=O) groups is 3. The summed E-state index contributed by atoms with van der Waals surface area (Å²) in [6, 6.07) is 7.51. The highest BCUT2D eigenvalue weighted by Crippen LogP contribution is 2.49. The third kappa shape index (κ3) is 3.49. The van der Waals surface area contributed by atoms with Gasteiger partial charge in [0.25, 0.3) is 0 Å². The van der Waals surface area contributed by atoms with E-state index in [-0.39, 0.29) is 19.4 Å². The van der Waals surface area contributed by atoms with Gasteiger partial charge in [0.05, 0.1) is 20.8 Å². The van der Waals surface area contributed by atoms with Crippen molar-refractivity contribution < 1.29 is 28.6 Å². The van der Waals surface area contributed by atoms with Crippen LogP contribution in [0.5, 0.6) is 0 Å². The molecule has 1 aromatic carbocycles. The van der Waals surface area contributed by atoms with E-state index in [1.807, 2.05) is 31.2 Å². The van der Waals surface area contributed by atoms with Gasteiger partial charge in [-0.3, -0.25) is 9.59 Å². The van der Waals surface area contributed by atoms with Gasteiger partial charge >= 0.3 is 17.9 Å². The Morgan fingerprint density at radius 3 is 2.15 bits per heavy atom. The number of carbonyl (C=O) groups excluding carboxylic acids is 3. The summed E-state index contributed by atoms with van der Waals surface area (Å²) in [5, 5.41) is 0. The second-order valence-electron chi connectivity index (χ2n) is 6.28. The monoisotopic (exact) mass is 360 g/mol. The number of methoxy groups -OCH3 is 2. The standard InChI is InChI=1S/C20H24O6/c1-5-26-17(21)15-10-11-20(18(22)24-3,19(23)25-4)16(12-15)14-8-6-13(2)7-9-14/h6-10,16H,5,11-12H2,1-4H3. The lowest BCUT2D eigenvalue weighted by Crippen LogP contribution is -2.47. The highest BCUT2D eigenvalue weighted by Gasteiger charge is 2.56. The lowest BCUT2D eigenvalue weighted by molar-refractivity contribution is -0.172. The summed E-state index contributed by atoms with van der Waals surface area (Å²) in [5.41, 5.74) is 0.726. The van der Waals surface area contributed by atoms with Crippen LogP contribution >= 0.6 is 0 Å². The van der Waals surface area contributed by atoms with Gasteiger partial charge in [-0.05, 0) is 32.3 Å². The number of hydrogen-bond donors (Lipinski definition) is 0. The molecule has 1 atom stereocenters. The van der Waals surface area contributed by atoms with Crippen LogP contribution in [-0.2, 0) is 28.6 Å². The van der Waals surface area contributed by atoms with E-state index in [2.05, 4.69) is 0 Å². The molecule has 0 fully saturated rings. The van der Waals surface area contributed by atoms with Crippen molar-refractivity contribution in [3.8, 4) is 0 Å². The van der Waals surface area contributed by atoms with E-state index in [4.69, 9.17) is 14.2 Å². The maximum atomic E-state index is 12.7. The fourth-order valence-corrected chi connectivity index (χ4v) is 3.39. The summed E-state index contributed by atoms with van der Waals surface area (Å²) < 4.78 is 15.0. The summed E-state index contributed by atoms with van der Waals surface area (Å²) in [6.45, 7) is 3.93. The quantitative estimate of drug-likeness (QED) is 0.456. The van der Waals surface area contributed by atoms with E-state index in [1.54, 1.807) is 13.0 Å². The summed E-state index contributed by atoms with van der Waals surface area (Å²) in [4.78, 5) is 37.5. The average molecular weight is 360 g/mol. The van der Waals surface area contributed by atoms with Crippen molar-refractivity contribution in [3.63, 3.8) is 0 Å². The zero-order valence-electron chi connectivity index (χ0n) is 15.5. The summed E-state index contributed by atoms with van der Waals surface area (Å²) in [7, 11) is 2.48. The van der Waals surface area contributed by atoms with E-state index in [0.29, 0.717) is 5.57 Å². The molecule has 0 spiro atoms. The van der Waals surface area contributed by atoms with E-state index >= 15 is 0 Å². The zero-order chi connectivity index (χ0) is 19.3. The molecule has 0 aromatic heterocycles. The van der Waals surface area contributed by atoms with Gasteiger partial charge in [0.2, 0.25) is 0 Å². The van der Waals surface area contributed by atoms with E-state index in [9.17, 15) is 14.4 Å². The van der Waals surface area contributed by atoms with Crippen molar-refractivity contribution in [2.24, 2.45) is 5.41 Å². The maximum absolute atomic E-state index is 12.7. The third-order valence-electron chi connectivity index (χ3n) is 4.81. The molecule has 26 heavy (non-hydrogen) atoms. The Kier molecular flexibility index (Phi) is 6.18. The molecule has 1 aliphatic rings. The molecule has 0 heterocycles. The van der Waals surface area contributed by atoms with Crippen molar-refractivity contribution in [2.75, 3.05) is 20.8 Å². The smallest absolute Gasteiger partial charge is 0.333 e. The fourth-order valence-electron chi connectivity index (χ4n) is 3.39. The fraction of sp³-hybridized carbons (Fsp3) is 0.450. The lowest BCUT2D eigenvalue weighted by atomic mass is 9.64. The minimum absolute atomic E-state index is 0.0129. The normalized spacial score (nSPS) is 18.5. The number of hydrogen-bond acceptors (Lipinski definition) is 6. The molecule has 1 aliphatic carbocycles. The van der Waals surface area contributed by atoms with Crippen molar-refractivity contribution in [3.05, 3.63) is 47.0 Å². The van der Waals surface area contributed by atoms with Crippen molar-refractivity contribution >= 4 is 17.9 Å². The first kappa shape index (κ1) is 19.7. The minimum atomic E-state index is -1.53. The van der Waals surface area contributed by atoms with Gasteiger partial charge in [-0.2, -0.15) is 0 Å². The van der Waals surface area contributed by atoms with Crippen LogP contribution in [0.4, 0.5) is 0 Å². The Hall–Kier alpha value is -2.63. The van der Waals surface area contributed by atoms with Crippen LogP contribution in [0.15, 0.2) is 35.9 Å². The molecule has 0 amide bonds. The first-order valence-corrected chi connectivity index (χ1v) is 8.50. The first-order valence-electron chi connectivity index (χ1n) is 8.50. The molecule has 0 N–H and O–H groups in total. The second kappa shape index (κ2) is 8.17. The van der Waals surface area contributed by atoms with Gasteiger partial charge < -0.3 is 14.2 Å². The molecule has 0 saturated carbocycles. The van der Waals surface area contributed by atoms with Gasteiger partial charge in [0.1, 0.15) is 0 Å². The van der Waals surface area contributed by atoms with Gasteiger partial charge in [-0.1, -0.05) is 35.9 Å². The Bertz CT molecular complexity index is 700. The Labute approximate surface area is 153 Å². The number of aryl methyl sites for hydroxylation is 1. The molecular formula is C20H24O6. The summed E-state index contributed by atoms with van der Waals surface area (Å²) in [5.74, 6) is -2.37. The molecule has 0 bridgehead atoms. The number of esters is 3. The second-order valence-corrected chi connectivity index (χ2v) is 6.28. The molecule has 0 radical (unpaired) electrons. The third-order valence-corrected chi connectivity index (χ3v) is 4.81. The van der Waals surface area contributed by atoms with Crippen LogP contribution in [0, 0.1) is 12.3 Å². The lowest BCUT2D eigenvalue weighted by Gasteiger charge is -2.38. The van der Waals surface area contributed by atoms with Gasteiger partial charge in [-0.15, -0.1) is 0 Å². The van der Waals surface area contributed by atoms with E-state index in [1.165, 1.54) is 14.2 Å². The zero-order valence-corrected chi connectivity index (χ0v) is 15.5. The Balaban J connectivity index is 2.58. The molecule has 6 nitrogen and oxygen atoms in total. The molecule has 1 unspecified atom stereocenters. The van der Waals surface area contributed by atoms with Crippen LogP contribution in [0.3, 0.4) is 0 Å². The van der Waals surface area contributed by atoms with Crippen molar-refractivity contribution in [1.82, 2.24) is 0 Å². The van der Waals surface area contributed by atoms with Gasteiger partial charge in [0.15, 0.2) is 5.41 Å². The minimum Gasteiger partial charge on any atom is -0.468 e. The summed E-state index contributed by atoms with van der Waals surface area (Å²) >= 11 is 0. The molecule has 1 aromatic rings. The van der Waals surface area contributed by atoms with E-state index in [0.717, 1.165) is 11.1 Å². The largest absolute Gasteiger partial charge is 0.468 e. The highest BCUT2D eigenvalue weighted by molar-refractivity contribution is 6.02. The average Bonchev–Trinajstić information content (AvgIpc) is 2.67. The first-order chi connectivity index (χ1) is 12.4. The number of ether oxygens (including phenoxy) is 3. The van der Waals surface area contributed by atoms with Crippen LogP contribution in [-0.4, -0.2) is 38.7 Å². The number of rotatable bonds is 5. The molecule has 0 saturated heterocycles. The van der Waals surface area contributed by atoms with Crippen LogP contribution in [0.2, 0.25) is 0 Å². The van der Waals surface area contributed by atoms with Crippen LogP contribution in [0.25, 0.3) is 0 Å². The predicted octanol–water partition coefficient (Wildman–Crippen LogP) is 2.69. The SMILES string of the molecule is CCOC(=O)C1=CCC(C(=O)OC)(C(=O)OC)C(c2ccc(C)cc2)C1. The Morgan fingerprint density at radius 2 is 1.65 bits per heavy atom. The van der Waals surface area contributed by atoms with Gasteiger partial charge in [-0.25, -0.2) is 4.79 Å². The van der Waals surface area contributed by atoms with Gasteiger partial charge in [0, 0.05) is 11.5 Å². The molecule has 0 aliphatic heterocycles. The molecule has 6 heteroatoms. The van der Waals surface area contributed by atoms with Crippen LogP contribution in [0.1, 0.15) is 36.8 Å². The number of allylic oxidation sites excluding steroid dienone is 1. The van der Waals surface area contributed by atoms with Crippen molar-refractivity contribution in [1.29, 1.82) is 0 Å². The topological polar surface area (TPSA) is 78.9 Å². The molecule has 2 rings (SSSR count). The predicted molar refractivity (Wildman–Crippen MR) is 94.3 cm³/mol. The van der Waals surface area contributed by atoms with Crippen LogP contribution < -0.4 is 0 Å². The molecule has 140 valence electrons. The Morgan fingerprint density at radius 1 is 1.08 bits per heavy atom. The summed E-state index contributed by atoms with van der Waals surface area (Å²) in [6.07, 6.45) is 1.78. The maximum Gasteiger partial charge on any atom is 0.333 e. The molecular weight excluding hydrogens is 336 g/mol.